The topological polar surface area (TPSA) is 118 Å². The van der Waals surface area contributed by atoms with E-state index in [0.717, 1.165) is 6.07 Å². The first kappa shape index (κ1) is 16.0. The Hall–Kier alpha value is -3.04. The van der Waals surface area contributed by atoms with E-state index in [1.165, 1.54) is 12.1 Å². The predicted octanol–water partition coefficient (Wildman–Crippen LogP) is 2.82. The first-order valence-corrected chi connectivity index (χ1v) is 6.05. The first-order valence-electron chi connectivity index (χ1n) is 6.05. The van der Waals surface area contributed by atoms with Crippen molar-refractivity contribution in [3.05, 3.63) is 49.9 Å². The lowest BCUT2D eigenvalue weighted by atomic mass is 10.1. The van der Waals surface area contributed by atoms with E-state index >= 15 is 0 Å². The fraction of sp³-hybridized carbons (Fsp3) is 0.308. The average Bonchev–Trinajstić information content (AvgIpc) is 2.47. The smallest absolute Gasteiger partial charge is 0.338 e. The molecule has 0 atom stereocenters. The molecule has 8 heteroatoms. The van der Waals surface area contributed by atoms with Crippen LogP contribution in [0, 0.1) is 22.0 Å². The van der Waals surface area contributed by atoms with Crippen molar-refractivity contribution in [3.8, 4) is 11.8 Å². The summed E-state index contributed by atoms with van der Waals surface area (Å²) in [5, 5.41) is 14.3. The summed E-state index contributed by atoms with van der Waals surface area (Å²) in [5.74, 6) is 4.67. The fourth-order valence-corrected chi connectivity index (χ4v) is 1.44. The van der Waals surface area contributed by atoms with Gasteiger partial charge in [-0.05, 0) is 24.6 Å². The van der Waals surface area contributed by atoms with Crippen molar-refractivity contribution >= 4 is 11.7 Å². The summed E-state index contributed by atoms with van der Waals surface area (Å²) in [7, 11) is 0. The van der Waals surface area contributed by atoms with Gasteiger partial charge in [-0.1, -0.05) is 17.0 Å². The van der Waals surface area contributed by atoms with E-state index in [1.54, 1.807) is 6.92 Å². The molecule has 0 saturated heterocycles. The van der Waals surface area contributed by atoms with Crippen molar-refractivity contribution < 1.29 is 14.5 Å². The van der Waals surface area contributed by atoms with Gasteiger partial charge in [0, 0.05) is 23.9 Å². The Balaban J connectivity index is 3.02. The lowest BCUT2D eigenvalue weighted by Crippen LogP contribution is -2.05. The van der Waals surface area contributed by atoms with Crippen molar-refractivity contribution in [2.75, 3.05) is 13.2 Å². The van der Waals surface area contributed by atoms with Crippen LogP contribution in [0.3, 0.4) is 0 Å². The molecule has 0 radical (unpaired) electrons. The summed E-state index contributed by atoms with van der Waals surface area (Å²) in [6.07, 6.45) is 0.293. The molecular weight excluding hydrogens is 276 g/mol. The zero-order valence-electron chi connectivity index (χ0n) is 11.3. The van der Waals surface area contributed by atoms with Gasteiger partial charge in [0.25, 0.3) is 5.69 Å². The molecule has 8 nitrogen and oxygen atoms in total. The van der Waals surface area contributed by atoms with E-state index in [1.807, 2.05) is 0 Å². The van der Waals surface area contributed by atoms with E-state index in [4.69, 9.17) is 10.3 Å². The summed E-state index contributed by atoms with van der Waals surface area (Å²) in [5.41, 5.74) is 8.13. The molecule has 1 rings (SSSR count). The van der Waals surface area contributed by atoms with Crippen LogP contribution in [0.1, 0.15) is 29.3 Å². The standard InChI is InChI=1S/C13H12N4O4/c1-2-21-13(18)11-7-6-10(12(9-11)17(19)20)5-3-4-8-15-16-14/h6-7,9H,2,4,8H2,1H3. The van der Waals surface area contributed by atoms with Crippen molar-refractivity contribution in [2.45, 2.75) is 13.3 Å². The summed E-state index contributed by atoms with van der Waals surface area (Å²) in [6, 6.07) is 3.95. The minimum absolute atomic E-state index is 0.100. The molecule has 0 bridgehead atoms. The van der Waals surface area contributed by atoms with E-state index < -0.39 is 10.9 Å². The highest BCUT2D eigenvalue weighted by Gasteiger charge is 2.16. The predicted molar refractivity (Wildman–Crippen MR) is 74.6 cm³/mol. The Morgan fingerprint density at radius 3 is 2.95 bits per heavy atom. The Morgan fingerprint density at radius 1 is 1.57 bits per heavy atom. The quantitative estimate of drug-likeness (QED) is 0.121. The molecule has 0 spiro atoms. The molecule has 0 aliphatic carbocycles. The number of rotatable bonds is 5. The lowest BCUT2D eigenvalue weighted by molar-refractivity contribution is -0.385. The molecule has 0 N–H and O–H groups in total. The second-order valence-corrected chi connectivity index (χ2v) is 3.72. The number of carbonyl (C=O) groups is 1. The third-order valence-corrected chi connectivity index (χ3v) is 2.33. The number of hydrogen-bond donors (Lipinski definition) is 0. The molecule has 21 heavy (non-hydrogen) atoms. The molecule has 0 aliphatic rings. The van der Waals surface area contributed by atoms with Crippen LogP contribution in [-0.2, 0) is 4.74 Å². The second-order valence-electron chi connectivity index (χ2n) is 3.72. The molecule has 0 amide bonds. The number of hydrogen-bond acceptors (Lipinski definition) is 5. The van der Waals surface area contributed by atoms with Crippen LogP contribution >= 0.6 is 0 Å². The Bertz CT molecular complexity index is 654. The number of carbonyl (C=O) groups excluding carboxylic acids is 1. The maximum absolute atomic E-state index is 11.5. The summed E-state index contributed by atoms with van der Waals surface area (Å²) in [6.45, 7) is 2.03. The zero-order chi connectivity index (χ0) is 15.7. The van der Waals surface area contributed by atoms with Crippen LogP contribution in [0.2, 0.25) is 0 Å². The number of azide groups is 1. The first-order chi connectivity index (χ1) is 10.1. The summed E-state index contributed by atoms with van der Waals surface area (Å²) in [4.78, 5) is 24.5. The van der Waals surface area contributed by atoms with Gasteiger partial charge in [-0.2, -0.15) is 0 Å². The van der Waals surface area contributed by atoms with Crippen molar-refractivity contribution in [1.29, 1.82) is 0 Å². The third kappa shape index (κ3) is 4.86. The molecule has 0 aromatic heterocycles. The maximum atomic E-state index is 11.5. The van der Waals surface area contributed by atoms with Crippen LogP contribution in [0.25, 0.3) is 10.4 Å². The van der Waals surface area contributed by atoms with Gasteiger partial charge in [-0.3, -0.25) is 10.1 Å². The number of nitro benzene ring substituents is 1. The molecule has 0 unspecified atom stereocenters. The number of esters is 1. The van der Waals surface area contributed by atoms with Gasteiger partial charge in [-0.15, -0.1) is 0 Å². The van der Waals surface area contributed by atoms with E-state index in [-0.39, 0.29) is 30.0 Å². The zero-order valence-corrected chi connectivity index (χ0v) is 11.3. The van der Waals surface area contributed by atoms with Crippen LogP contribution in [-0.4, -0.2) is 24.0 Å². The summed E-state index contributed by atoms with van der Waals surface area (Å²) < 4.78 is 4.78. The molecular formula is C13H12N4O4. The third-order valence-electron chi connectivity index (χ3n) is 2.33. The molecule has 108 valence electrons. The minimum atomic E-state index is -0.622. The van der Waals surface area contributed by atoms with Gasteiger partial charge < -0.3 is 4.74 Å². The molecule has 0 saturated carbocycles. The van der Waals surface area contributed by atoms with Gasteiger partial charge in [0.2, 0.25) is 0 Å². The van der Waals surface area contributed by atoms with E-state index in [2.05, 4.69) is 21.9 Å². The van der Waals surface area contributed by atoms with Crippen LogP contribution < -0.4 is 0 Å². The highest BCUT2D eigenvalue weighted by molar-refractivity contribution is 5.90. The molecule has 1 aromatic carbocycles. The molecule has 0 heterocycles. The number of nitro groups is 1. The molecule has 0 aliphatic heterocycles. The number of benzene rings is 1. The Kier molecular flexibility index (Phi) is 6.25. The number of nitrogens with zero attached hydrogens (tertiary/aromatic N) is 4. The van der Waals surface area contributed by atoms with Crippen LogP contribution in [0.15, 0.2) is 23.3 Å². The van der Waals surface area contributed by atoms with E-state index in [0.29, 0.717) is 6.42 Å². The molecule has 1 aromatic rings. The van der Waals surface area contributed by atoms with Gasteiger partial charge in [0.1, 0.15) is 5.56 Å². The van der Waals surface area contributed by atoms with Crippen molar-refractivity contribution in [1.82, 2.24) is 0 Å². The Labute approximate surface area is 120 Å². The maximum Gasteiger partial charge on any atom is 0.338 e. The van der Waals surface area contributed by atoms with Crippen molar-refractivity contribution in [3.63, 3.8) is 0 Å². The summed E-state index contributed by atoms with van der Waals surface area (Å²) >= 11 is 0. The monoisotopic (exact) mass is 288 g/mol. The van der Waals surface area contributed by atoms with Crippen LogP contribution in [0.5, 0.6) is 0 Å². The average molecular weight is 288 g/mol. The van der Waals surface area contributed by atoms with Gasteiger partial charge in [0.05, 0.1) is 17.1 Å². The van der Waals surface area contributed by atoms with Gasteiger partial charge in [-0.25, -0.2) is 4.79 Å². The highest BCUT2D eigenvalue weighted by Crippen LogP contribution is 2.20. The SMILES string of the molecule is CCOC(=O)c1ccc(C#CCCN=[N+]=[N-])c([N+](=O)[O-])c1. The lowest BCUT2D eigenvalue weighted by Gasteiger charge is -2.02. The van der Waals surface area contributed by atoms with Crippen LogP contribution in [0.4, 0.5) is 5.69 Å². The number of ether oxygens (including phenoxy) is 1. The van der Waals surface area contributed by atoms with Gasteiger partial charge in [0.15, 0.2) is 0 Å². The van der Waals surface area contributed by atoms with Crippen molar-refractivity contribution in [2.24, 2.45) is 5.11 Å². The largest absolute Gasteiger partial charge is 0.462 e. The molecule has 0 fully saturated rings. The normalized spacial score (nSPS) is 9.00. The highest BCUT2D eigenvalue weighted by atomic mass is 16.6. The Morgan fingerprint density at radius 2 is 2.33 bits per heavy atom. The van der Waals surface area contributed by atoms with Gasteiger partial charge >= 0.3 is 5.97 Å². The fourth-order valence-electron chi connectivity index (χ4n) is 1.44. The van der Waals surface area contributed by atoms with E-state index in [9.17, 15) is 14.9 Å². The minimum Gasteiger partial charge on any atom is -0.462 e. The second kappa shape index (κ2) is 8.19.